The lowest BCUT2D eigenvalue weighted by molar-refractivity contribution is -0.136. The number of amides is 3. The molecule has 0 bridgehead atoms. The molecule has 3 aliphatic rings. The normalized spacial score (nSPS) is 25.8. The summed E-state index contributed by atoms with van der Waals surface area (Å²) in [6.07, 6.45) is 5.21. The maximum Gasteiger partial charge on any atom is 0.255 e. The van der Waals surface area contributed by atoms with E-state index < -0.39 is 6.04 Å². The fraction of sp³-hybridized carbons (Fsp3) is 0.571. The van der Waals surface area contributed by atoms with Crippen LogP contribution in [0.5, 0.6) is 0 Å². The van der Waals surface area contributed by atoms with Gasteiger partial charge in [0.05, 0.1) is 0 Å². The molecular formula is C21H28N4O3. The van der Waals surface area contributed by atoms with Crippen molar-refractivity contribution in [3.05, 3.63) is 34.9 Å². The molecule has 0 saturated carbocycles. The van der Waals surface area contributed by atoms with Gasteiger partial charge in [-0.25, -0.2) is 0 Å². The van der Waals surface area contributed by atoms with E-state index in [1.165, 1.54) is 12.8 Å². The third-order valence-corrected chi connectivity index (χ3v) is 6.26. The molecule has 0 aliphatic carbocycles. The molecule has 3 aliphatic heterocycles. The zero-order valence-electron chi connectivity index (χ0n) is 16.2. The van der Waals surface area contributed by atoms with Gasteiger partial charge in [-0.3, -0.25) is 24.6 Å². The summed E-state index contributed by atoms with van der Waals surface area (Å²) in [5.74, 6) is -0.715. The van der Waals surface area contributed by atoms with Gasteiger partial charge in [0.2, 0.25) is 11.8 Å². The minimum Gasteiger partial charge on any atom is -0.330 e. The van der Waals surface area contributed by atoms with Crippen molar-refractivity contribution >= 4 is 17.7 Å². The van der Waals surface area contributed by atoms with Crippen LogP contribution in [0.3, 0.4) is 0 Å². The molecule has 0 radical (unpaired) electrons. The second-order valence-corrected chi connectivity index (χ2v) is 8.05. The number of benzene rings is 1. The molecule has 0 aromatic heterocycles. The first kappa shape index (κ1) is 19.1. The molecular weight excluding hydrogens is 356 g/mol. The van der Waals surface area contributed by atoms with Gasteiger partial charge >= 0.3 is 0 Å². The Morgan fingerprint density at radius 3 is 2.79 bits per heavy atom. The van der Waals surface area contributed by atoms with E-state index in [9.17, 15) is 14.4 Å². The average molecular weight is 384 g/mol. The van der Waals surface area contributed by atoms with Gasteiger partial charge in [-0.1, -0.05) is 24.6 Å². The number of hydrogen-bond acceptors (Lipinski definition) is 5. The fourth-order valence-electron chi connectivity index (χ4n) is 4.83. The van der Waals surface area contributed by atoms with Gasteiger partial charge in [-0.05, 0) is 49.9 Å². The molecule has 7 heteroatoms. The zero-order chi connectivity index (χ0) is 19.7. The van der Waals surface area contributed by atoms with Crippen molar-refractivity contribution in [2.45, 2.75) is 63.7 Å². The highest BCUT2D eigenvalue weighted by molar-refractivity contribution is 6.05. The van der Waals surface area contributed by atoms with Gasteiger partial charge in [0.1, 0.15) is 6.04 Å². The van der Waals surface area contributed by atoms with Crippen molar-refractivity contribution < 1.29 is 14.4 Å². The highest BCUT2D eigenvalue weighted by atomic mass is 16.2. The maximum absolute atomic E-state index is 13.2. The molecule has 2 atom stereocenters. The number of fused-ring (bicyclic) bond motifs is 1. The molecule has 3 heterocycles. The molecule has 2 unspecified atom stereocenters. The van der Waals surface area contributed by atoms with E-state index in [0.717, 1.165) is 42.6 Å². The predicted octanol–water partition coefficient (Wildman–Crippen LogP) is 1.15. The first-order chi connectivity index (χ1) is 13.6. The SMILES string of the molecule is NCCC1CCCCN1Cc1cccc2c1C(=O)N(C1CCC(=O)NC1=O)C2. The number of likely N-dealkylation sites (tertiary alicyclic amines) is 1. The maximum atomic E-state index is 13.2. The van der Waals surface area contributed by atoms with E-state index in [1.807, 2.05) is 18.2 Å². The number of nitrogens with one attached hydrogen (secondary N) is 1. The highest BCUT2D eigenvalue weighted by Crippen LogP contribution is 2.31. The van der Waals surface area contributed by atoms with Crippen molar-refractivity contribution in [1.29, 1.82) is 0 Å². The molecule has 1 aromatic carbocycles. The molecule has 3 N–H and O–H groups in total. The number of rotatable bonds is 5. The smallest absolute Gasteiger partial charge is 0.255 e. The van der Waals surface area contributed by atoms with E-state index >= 15 is 0 Å². The quantitative estimate of drug-likeness (QED) is 0.743. The topological polar surface area (TPSA) is 95.7 Å². The summed E-state index contributed by atoms with van der Waals surface area (Å²) in [5, 5.41) is 2.36. The Morgan fingerprint density at radius 2 is 2.00 bits per heavy atom. The van der Waals surface area contributed by atoms with Crippen LogP contribution in [0.25, 0.3) is 0 Å². The number of carbonyl (C=O) groups excluding carboxylic acids is 3. The largest absolute Gasteiger partial charge is 0.330 e. The van der Waals surface area contributed by atoms with Crippen molar-refractivity contribution in [1.82, 2.24) is 15.1 Å². The number of piperidine rings is 2. The van der Waals surface area contributed by atoms with E-state index in [2.05, 4.69) is 10.2 Å². The van der Waals surface area contributed by atoms with Crippen LogP contribution in [0.2, 0.25) is 0 Å². The van der Waals surface area contributed by atoms with Gasteiger partial charge in [-0.2, -0.15) is 0 Å². The van der Waals surface area contributed by atoms with Gasteiger partial charge in [0, 0.05) is 31.1 Å². The summed E-state index contributed by atoms with van der Waals surface area (Å²) in [6, 6.07) is 5.90. The Bertz CT molecular complexity index is 792. The molecule has 0 spiro atoms. The van der Waals surface area contributed by atoms with Crippen LogP contribution < -0.4 is 11.1 Å². The zero-order valence-corrected chi connectivity index (χ0v) is 16.2. The summed E-state index contributed by atoms with van der Waals surface area (Å²) >= 11 is 0. The van der Waals surface area contributed by atoms with Crippen LogP contribution in [-0.2, 0) is 22.7 Å². The Balaban J connectivity index is 1.55. The number of nitrogens with zero attached hydrogens (tertiary/aromatic N) is 2. The van der Waals surface area contributed by atoms with Crippen LogP contribution in [0.15, 0.2) is 18.2 Å². The lowest BCUT2D eigenvalue weighted by Gasteiger charge is -2.36. The predicted molar refractivity (Wildman–Crippen MR) is 104 cm³/mol. The molecule has 1 aromatic rings. The Labute approximate surface area is 165 Å². The van der Waals surface area contributed by atoms with Gasteiger partial charge in [-0.15, -0.1) is 0 Å². The first-order valence-corrected chi connectivity index (χ1v) is 10.3. The van der Waals surface area contributed by atoms with E-state index in [4.69, 9.17) is 5.73 Å². The second kappa shape index (κ2) is 8.01. The number of hydrogen-bond donors (Lipinski definition) is 2. The summed E-state index contributed by atoms with van der Waals surface area (Å²) < 4.78 is 0. The molecule has 28 heavy (non-hydrogen) atoms. The Morgan fingerprint density at radius 1 is 1.14 bits per heavy atom. The molecule has 150 valence electrons. The Hall–Kier alpha value is -2.25. The van der Waals surface area contributed by atoms with E-state index in [-0.39, 0.29) is 24.1 Å². The van der Waals surface area contributed by atoms with E-state index in [0.29, 0.717) is 25.6 Å². The number of nitrogens with two attached hydrogens (primary N) is 1. The van der Waals surface area contributed by atoms with Crippen molar-refractivity contribution in [2.24, 2.45) is 5.73 Å². The lowest BCUT2D eigenvalue weighted by Crippen LogP contribution is -2.52. The lowest BCUT2D eigenvalue weighted by atomic mass is 9.96. The van der Waals surface area contributed by atoms with Crippen LogP contribution in [0, 0.1) is 0 Å². The van der Waals surface area contributed by atoms with Gasteiger partial charge < -0.3 is 10.6 Å². The fourth-order valence-corrected chi connectivity index (χ4v) is 4.83. The second-order valence-electron chi connectivity index (χ2n) is 8.05. The molecule has 4 rings (SSSR count). The van der Waals surface area contributed by atoms with Gasteiger partial charge in [0.25, 0.3) is 5.91 Å². The summed E-state index contributed by atoms with van der Waals surface area (Å²) in [6.45, 7) is 2.87. The molecule has 2 saturated heterocycles. The highest BCUT2D eigenvalue weighted by Gasteiger charge is 2.40. The number of imide groups is 1. The van der Waals surface area contributed by atoms with Gasteiger partial charge in [0.15, 0.2) is 0 Å². The standard InChI is InChI=1S/C21H28N4O3/c22-10-9-16-6-1-2-11-24(16)12-14-4-3-5-15-13-25(21(28)19(14)15)17-7-8-18(26)23-20(17)27/h3-5,16-17H,1-2,6-13,22H2,(H,23,26,27). The first-order valence-electron chi connectivity index (χ1n) is 10.3. The molecule has 3 amide bonds. The third kappa shape index (κ3) is 3.56. The summed E-state index contributed by atoms with van der Waals surface area (Å²) in [5.41, 5.74) is 8.54. The van der Waals surface area contributed by atoms with Crippen LogP contribution in [0.1, 0.15) is 60.0 Å². The minimum atomic E-state index is -0.564. The van der Waals surface area contributed by atoms with Crippen molar-refractivity contribution in [3.8, 4) is 0 Å². The monoisotopic (exact) mass is 384 g/mol. The number of carbonyl (C=O) groups is 3. The Kier molecular flexibility index (Phi) is 5.46. The minimum absolute atomic E-state index is 0.0903. The average Bonchev–Trinajstić information content (AvgIpc) is 3.01. The van der Waals surface area contributed by atoms with Crippen LogP contribution in [-0.4, -0.2) is 52.7 Å². The summed E-state index contributed by atoms with van der Waals surface area (Å²) in [4.78, 5) is 41.0. The van der Waals surface area contributed by atoms with Crippen molar-refractivity contribution in [2.75, 3.05) is 13.1 Å². The van der Waals surface area contributed by atoms with Crippen molar-refractivity contribution in [3.63, 3.8) is 0 Å². The van der Waals surface area contributed by atoms with Crippen LogP contribution in [0.4, 0.5) is 0 Å². The van der Waals surface area contributed by atoms with E-state index in [1.54, 1.807) is 4.90 Å². The molecule has 2 fully saturated rings. The van der Waals surface area contributed by atoms with Crippen LogP contribution >= 0.6 is 0 Å². The molecule has 7 nitrogen and oxygen atoms in total. The summed E-state index contributed by atoms with van der Waals surface area (Å²) in [7, 11) is 0. The third-order valence-electron chi connectivity index (χ3n) is 6.26.